The zero-order valence-corrected chi connectivity index (χ0v) is 13.7. The van der Waals surface area contributed by atoms with Crippen LogP contribution in [0.1, 0.15) is 18.1 Å². The van der Waals surface area contributed by atoms with Gasteiger partial charge in [0.25, 0.3) is 5.69 Å². The highest BCUT2D eigenvalue weighted by molar-refractivity contribution is 5.83. The first-order valence-corrected chi connectivity index (χ1v) is 8.45. The van der Waals surface area contributed by atoms with Crippen molar-refractivity contribution in [2.75, 3.05) is 31.1 Å². The van der Waals surface area contributed by atoms with Crippen LogP contribution in [0.5, 0.6) is 0 Å². The average Bonchev–Trinajstić information content (AvgIpc) is 3.26. The van der Waals surface area contributed by atoms with E-state index < -0.39 is 4.92 Å². The van der Waals surface area contributed by atoms with Crippen LogP contribution in [-0.4, -0.2) is 41.9 Å². The summed E-state index contributed by atoms with van der Waals surface area (Å²) in [5.41, 5.74) is 1.05. The number of amides is 1. The number of hydrogen-bond donors (Lipinski definition) is 0. The molecule has 2 aromatic rings. The van der Waals surface area contributed by atoms with Crippen LogP contribution in [-0.2, 0) is 4.79 Å². The molecular weight excluding hydrogens is 322 g/mol. The third kappa shape index (κ3) is 3.09. The summed E-state index contributed by atoms with van der Waals surface area (Å²) < 4.78 is 5.40. The molecule has 0 bridgehead atoms. The van der Waals surface area contributed by atoms with Crippen LogP contribution in [0.25, 0.3) is 0 Å². The van der Waals surface area contributed by atoms with Gasteiger partial charge in [0.05, 0.1) is 11.2 Å². The van der Waals surface area contributed by atoms with Gasteiger partial charge in [-0.25, -0.2) is 0 Å². The number of nitro benzene ring substituents is 1. The second kappa shape index (κ2) is 6.23. The van der Waals surface area contributed by atoms with Gasteiger partial charge in [-0.05, 0) is 30.7 Å². The number of rotatable bonds is 4. The van der Waals surface area contributed by atoms with Crippen LogP contribution < -0.4 is 4.90 Å². The summed E-state index contributed by atoms with van der Waals surface area (Å²) in [6.07, 6.45) is 2.52. The van der Waals surface area contributed by atoms with Crippen LogP contribution in [0.3, 0.4) is 0 Å². The molecule has 1 aromatic carbocycles. The van der Waals surface area contributed by atoms with Gasteiger partial charge in [-0.1, -0.05) is 0 Å². The first kappa shape index (κ1) is 15.7. The molecule has 1 saturated carbocycles. The monoisotopic (exact) mass is 341 g/mol. The minimum atomic E-state index is -0.397. The maximum Gasteiger partial charge on any atom is 0.269 e. The molecule has 1 aliphatic carbocycles. The molecule has 4 rings (SSSR count). The minimum Gasteiger partial charge on any atom is -0.469 e. The van der Waals surface area contributed by atoms with E-state index in [1.165, 1.54) is 12.1 Å². The molecule has 2 aliphatic rings. The summed E-state index contributed by atoms with van der Waals surface area (Å²) in [7, 11) is 0. The van der Waals surface area contributed by atoms with Crippen molar-refractivity contribution >= 4 is 17.3 Å². The fraction of sp³-hybridized carbons (Fsp3) is 0.389. The maximum absolute atomic E-state index is 12.6. The van der Waals surface area contributed by atoms with Gasteiger partial charge in [0.1, 0.15) is 5.76 Å². The van der Waals surface area contributed by atoms with Crippen molar-refractivity contribution in [2.45, 2.75) is 12.3 Å². The lowest BCUT2D eigenvalue weighted by atomic mass is 10.2. The number of furan rings is 1. The van der Waals surface area contributed by atoms with Gasteiger partial charge in [-0.2, -0.15) is 0 Å². The van der Waals surface area contributed by atoms with Crippen molar-refractivity contribution in [3.63, 3.8) is 0 Å². The summed E-state index contributed by atoms with van der Waals surface area (Å²) in [4.78, 5) is 27.0. The maximum atomic E-state index is 12.6. The van der Waals surface area contributed by atoms with Crippen molar-refractivity contribution in [3.8, 4) is 0 Å². The fourth-order valence-electron chi connectivity index (χ4n) is 3.49. The van der Waals surface area contributed by atoms with Gasteiger partial charge < -0.3 is 14.2 Å². The molecule has 130 valence electrons. The van der Waals surface area contributed by atoms with Crippen LogP contribution in [0.2, 0.25) is 0 Å². The first-order valence-electron chi connectivity index (χ1n) is 8.45. The van der Waals surface area contributed by atoms with Gasteiger partial charge in [0, 0.05) is 55.8 Å². The van der Waals surface area contributed by atoms with E-state index in [0.717, 1.165) is 31.0 Å². The number of nitrogens with zero attached hydrogens (tertiary/aromatic N) is 3. The van der Waals surface area contributed by atoms with Crippen molar-refractivity contribution in [1.82, 2.24) is 4.90 Å². The number of carbonyl (C=O) groups is 1. The quantitative estimate of drug-likeness (QED) is 0.631. The van der Waals surface area contributed by atoms with E-state index in [1.54, 1.807) is 18.4 Å². The second-order valence-electron chi connectivity index (χ2n) is 6.55. The molecule has 7 heteroatoms. The van der Waals surface area contributed by atoms with Crippen molar-refractivity contribution in [3.05, 3.63) is 58.5 Å². The van der Waals surface area contributed by atoms with E-state index in [1.807, 2.05) is 17.0 Å². The third-order valence-electron chi connectivity index (χ3n) is 5.03. The Morgan fingerprint density at radius 3 is 2.44 bits per heavy atom. The average molecular weight is 341 g/mol. The Labute approximate surface area is 145 Å². The molecule has 2 atom stereocenters. The van der Waals surface area contributed by atoms with Crippen LogP contribution >= 0.6 is 0 Å². The summed E-state index contributed by atoms with van der Waals surface area (Å²) in [6, 6.07) is 10.4. The minimum absolute atomic E-state index is 0.0528. The summed E-state index contributed by atoms with van der Waals surface area (Å²) in [6.45, 7) is 2.83. The Bertz CT molecular complexity index is 764. The van der Waals surface area contributed by atoms with Crippen LogP contribution in [0.15, 0.2) is 47.1 Å². The first-order chi connectivity index (χ1) is 12.1. The molecule has 0 radical (unpaired) electrons. The topological polar surface area (TPSA) is 79.8 Å². The number of piperazine rings is 1. The smallest absolute Gasteiger partial charge is 0.269 e. The van der Waals surface area contributed by atoms with E-state index >= 15 is 0 Å². The van der Waals surface area contributed by atoms with Crippen LogP contribution in [0, 0.1) is 16.0 Å². The molecule has 2 heterocycles. The molecule has 0 unspecified atom stereocenters. The predicted molar refractivity (Wildman–Crippen MR) is 91.4 cm³/mol. The standard InChI is InChI=1S/C18H19N3O4/c22-18(16-12-15(16)17-2-1-11-25-17)20-9-7-19(8-10-20)13-3-5-14(6-4-13)21(23)24/h1-6,11,15-16H,7-10,12H2/t15-,16-/m0/s1. The molecule has 1 saturated heterocycles. The number of benzene rings is 1. The highest BCUT2D eigenvalue weighted by Gasteiger charge is 2.47. The number of nitro groups is 1. The second-order valence-corrected chi connectivity index (χ2v) is 6.55. The van der Waals surface area contributed by atoms with Crippen molar-refractivity contribution in [2.24, 2.45) is 5.92 Å². The lowest BCUT2D eigenvalue weighted by Gasteiger charge is -2.36. The van der Waals surface area contributed by atoms with Gasteiger partial charge >= 0.3 is 0 Å². The zero-order valence-electron chi connectivity index (χ0n) is 13.7. The number of non-ortho nitro benzene ring substituents is 1. The van der Waals surface area contributed by atoms with E-state index in [9.17, 15) is 14.9 Å². The Hall–Kier alpha value is -2.83. The number of hydrogen-bond acceptors (Lipinski definition) is 5. The van der Waals surface area contributed by atoms with E-state index in [-0.39, 0.29) is 23.4 Å². The van der Waals surface area contributed by atoms with Gasteiger partial charge in [-0.3, -0.25) is 14.9 Å². The number of anilines is 1. The highest BCUT2D eigenvalue weighted by atomic mass is 16.6. The van der Waals surface area contributed by atoms with Gasteiger partial charge in [0.15, 0.2) is 0 Å². The largest absolute Gasteiger partial charge is 0.469 e. The molecule has 0 spiro atoms. The number of carbonyl (C=O) groups excluding carboxylic acids is 1. The Kier molecular flexibility index (Phi) is 3.91. The molecule has 1 amide bonds. The molecule has 1 aliphatic heterocycles. The van der Waals surface area contributed by atoms with E-state index in [4.69, 9.17) is 4.42 Å². The van der Waals surface area contributed by atoms with Crippen LogP contribution in [0.4, 0.5) is 11.4 Å². The normalized spacial score (nSPS) is 22.7. The third-order valence-corrected chi connectivity index (χ3v) is 5.03. The summed E-state index contributed by atoms with van der Waals surface area (Å²) in [5.74, 6) is 1.40. The van der Waals surface area contributed by atoms with E-state index in [2.05, 4.69) is 4.90 Å². The molecule has 25 heavy (non-hydrogen) atoms. The lowest BCUT2D eigenvalue weighted by Crippen LogP contribution is -2.49. The predicted octanol–water partition coefficient (Wildman–Crippen LogP) is 2.64. The summed E-state index contributed by atoms with van der Waals surface area (Å²) in [5, 5.41) is 10.7. The Balaban J connectivity index is 1.32. The molecule has 0 N–H and O–H groups in total. The van der Waals surface area contributed by atoms with Crippen molar-refractivity contribution < 1.29 is 14.1 Å². The molecule has 7 nitrogen and oxygen atoms in total. The highest BCUT2D eigenvalue weighted by Crippen LogP contribution is 2.48. The Morgan fingerprint density at radius 2 is 1.84 bits per heavy atom. The van der Waals surface area contributed by atoms with E-state index in [0.29, 0.717) is 13.1 Å². The lowest BCUT2D eigenvalue weighted by molar-refractivity contribution is -0.384. The van der Waals surface area contributed by atoms with Crippen molar-refractivity contribution in [1.29, 1.82) is 0 Å². The SMILES string of the molecule is O=C([C@H]1C[C@@H]1c1ccco1)N1CCN(c2ccc([N+](=O)[O-])cc2)CC1. The van der Waals surface area contributed by atoms with Gasteiger partial charge in [-0.15, -0.1) is 0 Å². The summed E-state index contributed by atoms with van der Waals surface area (Å²) >= 11 is 0. The zero-order chi connectivity index (χ0) is 17.4. The molecule has 2 fully saturated rings. The Morgan fingerprint density at radius 1 is 1.12 bits per heavy atom. The molecule has 1 aromatic heterocycles. The van der Waals surface area contributed by atoms with Gasteiger partial charge in [0.2, 0.25) is 5.91 Å². The fourth-order valence-corrected chi connectivity index (χ4v) is 3.49. The molecular formula is C18H19N3O4.